The number of aryl methyl sites for hydroxylation is 3. The summed E-state index contributed by atoms with van der Waals surface area (Å²) in [5.41, 5.74) is 17.8. The van der Waals surface area contributed by atoms with Gasteiger partial charge in [-0.1, -0.05) is 12.7 Å². The van der Waals surface area contributed by atoms with E-state index in [1.165, 1.54) is 39.0 Å². The highest BCUT2D eigenvalue weighted by Crippen LogP contribution is 2.34. The molecule has 5 heterocycles. The number of aromatic amines is 2. The van der Waals surface area contributed by atoms with Crippen molar-refractivity contribution in [3.8, 4) is 0 Å². The van der Waals surface area contributed by atoms with Crippen LogP contribution in [0.4, 0.5) is 0 Å². The van der Waals surface area contributed by atoms with Crippen LogP contribution in [0.2, 0.25) is 0 Å². The Morgan fingerprint density at radius 2 is 0.939 bits per heavy atom. The number of allylic oxidation sites excluding steroid dienone is 4. The summed E-state index contributed by atoms with van der Waals surface area (Å²) in [6.45, 7) is 19.1. The van der Waals surface area contributed by atoms with E-state index in [0.717, 1.165) is 50.4 Å². The molecule has 0 fully saturated rings. The molecule has 0 amide bonds. The fraction of sp³-hybridized carbons (Fsp3) is 0.241. The molecule has 2 aliphatic heterocycles. The van der Waals surface area contributed by atoms with Crippen molar-refractivity contribution in [2.45, 2.75) is 48.5 Å². The fourth-order valence-electron chi connectivity index (χ4n) is 4.67. The molecule has 0 aromatic carbocycles. The van der Waals surface area contributed by atoms with Gasteiger partial charge in [-0.2, -0.15) is 0 Å². The van der Waals surface area contributed by atoms with Gasteiger partial charge < -0.3 is 9.97 Å². The standard InChI is InChI=1S/C29H30N4/c1-9-21-20(8)28-12-26-17(5)16(4)24(31-26)10-22-14(2)15(3)23(30-22)11-25-18(6)19(7)27(32-25)13-29(21)33-28/h9-13,32-33H,1H2,2-8H3. The molecular weight excluding hydrogens is 404 g/mol. The van der Waals surface area contributed by atoms with E-state index in [1.807, 2.05) is 6.08 Å². The molecule has 8 bridgehead atoms. The highest BCUT2D eigenvalue weighted by atomic mass is 14.8. The van der Waals surface area contributed by atoms with E-state index in [4.69, 9.17) is 9.97 Å². The molecule has 3 aromatic heterocycles. The molecule has 33 heavy (non-hydrogen) atoms. The molecule has 5 rings (SSSR count). The van der Waals surface area contributed by atoms with Gasteiger partial charge in [-0.25, -0.2) is 9.97 Å². The predicted octanol–water partition coefficient (Wildman–Crippen LogP) is 7.78. The number of fused-ring (bicyclic) bond motifs is 8. The Bertz CT molecular complexity index is 1590. The highest BCUT2D eigenvalue weighted by Gasteiger charge is 2.18. The molecule has 0 atom stereocenters. The van der Waals surface area contributed by atoms with Gasteiger partial charge in [-0.05, 0) is 112 Å². The van der Waals surface area contributed by atoms with Gasteiger partial charge in [0.25, 0.3) is 0 Å². The summed E-state index contributed by atoms with van der Waals surface area (Å²) >= 11 is 0. The molecule has 0 aliphatic carbocycles. The summed E-state index contributed by atoms with van der Waals surface area (Å²) in [5.74, 6) is 0. The van der Waals surface area contributed by atoms with Gasteiger partial charge in [0, 0.05) is 27.6 Å². The van der Waals surface area contributed by atoms with Crippen molar-refractivity contribution >= 4 is 50.4 Å². The minimum Gasteiger partial charge on any atom is -0.355 e. The van der Waals surface area contributed by atoms with Crippen LogP contribution in [0.3, 0.4) is 0 Å². The summed E-state index contributed by atoms with van der Waals surface area (Å²) in [6.07, 6.45) is 1.93. The number of nitrogens with one attached hydrogen (secondary N) is 2. The molecule has 0 spiro atoms. The average Bonchev–Trinajstić information content (AvgIpc) is 3.41. The van der Waals surface area contributed by atoms with Crippen molar-refractivity contribution < 1.29 is 0 Å². The number of aromatic nitrogens is 4. The van der Waals surface area contributed by atoms with Gasteiger partial charge in [-0.3, -0.25) is 0 Å². The van der Waals surface area contributed by atoms with E-state index in [0.29, 0.717) is 0 Å². The zero-order valence-corrected chi connectivity index (χ0v) is 20.5. The van der Waals surface area contributed by atoms with Crippen LogP contribution in [-0.2, 0) is 0 Å². The SMILES string of the molecule is C=Cc1c(C)c2cc3nc(cc4nc(cc5[nH]c(cc1[nH]2)c(C)c5C)C(C)=C4C)C(C)=C3C. The molecule has 2 N–H and O–H groups in total. The van der Waals surface area contributed by atoms with Gasteiger partial charge in [-0.15, -0.1) is 0 Å². The van der Waals surface area contributed by atoms with Crippen LogP contribution in [0.25, 0.3) is 50.4 Å². The smallest absolute Gasteiger partial charge is 0.0691 e. The van der Waals surface area contributed by atoms with Crippen LogP contribution >= 0.6 is 0 Å². The first-order valence-corrected chi connectivity index (χ1v) is 11.4. The minimum absolute atomic E-state index is 0.979. The van der Waals surface area contributed by atoms with E-state index in [-0.39, 0.29) is 0 Å². The molecule has 0 unspecified atom stereocenters. The lowest BCUT2D eigenvalue weighted by Gasteiger charge is -1.96. The van der Waals surface area contributed by atoms with Crippen LogP contribution in [0.5, 0.6) is 0 Å². The third kappa shape index (κ3) is 3.20. The Hall–Kier alpha value is -3.66. The van der Waals surface area contributed by atoms with E-state index >= 15 is 0 Å². The summed E-state index contributed by atoms with van der Waals surface area (Å²) in [6, 6.07) is 8.63. The van der Waals surface area contributed by atoms with Gasteiger partial charge >= 0.3 is 0 Å². The summed E-state index contributed by atoms with van der Waals surface area (Å²) in [4.78, 5) is 17.2. The maximum Gasteiger partial charge on any atom is 0.0691 e. The lowest BCUT2D eigenvalue weighted by Crippen LogP contribution is -1.82. The topological polar surface area (TPSA) is 57.4 Å². The van der Waals surface area contributed by atoms with E-state index < -0.39 is 0 Å². The zero-order valence-electron chi connectivity index (χ0n) is 20.5. The normalized spacial score (nSPS) is 13.8. The maximum absolute atomic E-state index is 4.99. The Labute approximate surface area is 194 Å². The average molecular weight is 435 g/mol. The second kappa shape index (κ2) is 7.45. The second-order valence-electron chi connectivity index (χ2n) is 9.24. The first-order valence-electron chi connectivity index (χ1n) is 11.4. The summed E-state index contributed by atoms with van der Waals surface area (Å²) < 4.78 is 0. The molecule has 0 saturated carbocycles. The van der Waals surface area contributed by atoms with Crippen molar-refractivity contribution in [1.29, 1.82) is 0 Å². The Balaban J connectivity index is 2.01. The fourth-order valence-corrected chi connectivity index (χ4v) is 4.67. The van der Waals surface area contributed by atoms with Crippen LogP contribution in [0.1, 0.15) is 72.7 Å². The van der Waals surface area contributed by atoms with Crippen molar-refractivity contribution in [3.05, 3.63) is 75.9 Å². The first-order chi connectivity index (χ1) is 15.7. The maximum atomic E-state index is 4.99. The first kappa shape index (κ1) is 21.2. The molecule has 4 heteroatoms. The number of nitrogens with zero attached hydrogens (tertiary/aromatic N) is 2. The lowest BCUT2D eigenvalue weighted by molar-refractivity contribution is 1.25. The highest BCUT2D eigenvalue weighted by molar-refractivity contribution is 5.95. The zero-order chi connectivity index (χ0) is 23.6. The predicted molar refractivity (Wildman–Crippen MR) is 142 cm³/mol. The second-order valence-corrected chi connectivity index (χ2v) is 9.24. The number of H-pyrrole nitrogens is 2. The number of hydrogen-bond acceptors (Lipinski definition) is 2. The summed E-state index contributed by atoms with van der Waals surface area (Å²) in [7, 11) is 0. The van der Waals surface area contributed by atoms with Gasteiger partial charge in [0.1, 0.15) is 0 Å². The minimum atomic E-state index is 0.979. The monoisotopic (exact) mass is 434 g/mol. The third-order valence-corrected chi connectivity index (χ3v) is 7.48. The number of hydrogen-bond donors (Lipinski definition) is 2. The van der Waals surface area contributed by atoms with Crippen LogP contribution < -0.4 is 0 Å². The Morgan fingerprint density at radius 3 is 1.42 bits per heavy atom. The molecule has 2 aliphatic rings. The molecule has 3 aromatic rings. The van der Waals surface area contributed by atoms with Crippen LogP contribution in [0.15, 0.2) is 30.8 Å². The quantitative estimate of drug-likeness (QED) is 0.411. The van der Waals surface area contributed by atoms with Gasteiger partial charge in [0.15, 0.2) is 0 Å². The van der Waals surface area contributed by atoms with Gasteiger partial charge in [0.2, 0.25) is 0 Å². The Kier molecular flexibility index (Phi) is 4.78. The van der Waals surface area contributed by atoms with Crippen LogP contribution in [0, 0.1) is 20.8 Å². The molecular formula is C29H30N4. The lowest BCUT2D eigenvalue weighted by atomic mass is 10.1. The Morgan fingerprint density at radius 1 is 0.545 bits per heavy atom. The molecule has 0 radical (unpaired) electrons. The molecule has 4 nitrogen and oxygen atoms in total. The van der Waals surface area contributed by atoms with Crippen molar-refractivity contribution in [2.75, 3.05) is 0 Å². The number of rotatable bonds is 1. The largest absolute Gasteiger partial charge is 0.355 e. The van der Waals surface area contributed by atoms with Crippen molar-refractivity contribution in [1.82, 2.24) is 19.9 Å². The van der Waals surface area contributed by atoms with Crippen molar-refractivity contribution in [3.63, 3.8) is 0 Å². The third-order valence-electron chi connectivity index (χ3n) is 7.48. The van der Waals surface area contributed by atoms with E-state index in [1.54, 1.807) is 0 Å². The van der Waals surface area contributed by atoms with Gasteiger partial charge in [0.05, 0.1) is 22.8 Å². The van der Waals surface area contributed by atoms with E-state index in [2.05, 4.69) is 89.3 Å². The van der Waals surface area contributed by atoms with E-state index in [9.17, 15) is 0 Å². The molecule has 166 valence electrons. The molecule has 0 saturated heterocycles. The van der Waals surface area contributed by atoms with Crippen molar-refractivity contribution in [2.24, 2.45) is 0 Å². The summed E-state index contributed by atoms with van der Waals surface area (Å²) in [5, 5.41) is 0. The van der Waals surface area contributed by atoms with Crippen LogP contribution in [-0.4, -0.2) is 19.9 Å².